The summed E-state index contributed by atoms with van der Waals surface area (Å²) in [7, 11) is -3.86. The third kappa shape index (κ3) is 4.60. The number of amidine groups is 1. The molecule has 2 aromatic rings. The number of fused-ring (bicyclic) bond motifs is 1. The summed E-state index contributed by atoms with van der Waals surface area (Å²) in [5.74, 6) is 0.710. The Kier molecular flexibility index (Phi) is 5.79. The van der Waals surface area contributed by atoms with Gasteiger partial charge in [0.2, 0.25) is 0 Å². The summed E-state index contributed by atoms with van der Waals surface area (Å²) in [4.78, 5) is 4.68. The molecular weight excluding hydrogens is 404 g/mol. The zero-order valence-corrected chi connectivity index (χ0v) is 17.5. The van der Waals surface area contributed by atoms with Gasteiger partial charge in [-0.15, -0.1) is 0 Å². The lowest BCUT2D eigenvalue weighted by atomic mass is 9.86. The van der Waals surface area contributed by atoms with Gasteiger partial charge >= 0.3 is 0 Å². The van der Waals surface area contributed by atoms with Crippen LogP contribution in [-0.2, 0) is 14.3 Å². The number of rotatable bonds is 4. The number of hydrogen-bond acceptors (Lipinski definition) is 7. The molecule has 154 valence electrons. The largest absolute Gasteiger partial charge is 0.485 e. The molecule has 30 heavy (non-hydrogen) atoms. The van der Waals surface area contributed by atoms with Crippen LogP contribution in [-0.4, -0.2) is 32.2 Å². The summed E-state index contributed by atoms with van der Waals surface area (Å²) < 4.78 is 35.4. The molecule has 8 nitrogen and oxygen atoms in total. The quantitative estimate of drug-likeness (QED) is 0.263. The Labute approximate surface area is 175 Å². The van der Waals surface area contributed by atoms with Gasteiger partial charge in [-0.2, -0.15) is 18.9 Å². The molecule has 0 radical (unpaired) electrons. The van der Waals surface area contributed by atoms with Crippen LogP contribution in [0, 0.1) is 22.8 Å². The number of nitriles is 2. The molecule has 3 rings (SSSR count). The van der Waals surface area contributed by atoms with E-state index in [1.54, 1.807) is 56.3 Å². The first kappa shape index (κ1) is 21.3. The first-order chi connectivity index (χ1) is 14.1. The molecule has 0 fully saturated rings. The van der Waals surface area contributed by atoms with Crippen LogP contribution in [0.5, 0.6) is 5.75 Å². The van der Waals surface area contributed by atoms with Crippen LogP contribution in [0.15, 0.2) is 53.5 Å². The van der Waals surface area contributed by atoms with E-state index in [1.165, 1.54) is 0 Å². The SMILES string of the molecule is CC1(C)Oc2ccc(C#N)cc2C(N=C(NC#N)c2ccccc2)C1OS(C)(=O)=O. The zero-order chi connectivity index (χ0) is 21.9. The molecule has 0 amide bonds. The molecule has 1 aliphatic heterocycles. The minimum Gasteiger partial charge on any atom is -0.485 e. The standard InChI is InChI=1S/C21H20N4O4S/c1-21(2)19(29-30(3,26)27)18(16-11-14(12-22)9-10-17(16)28-21)25-20(24-13-23)15-7-5-4-6-8-15/h4-11,18-19H,1-3H3,(H,24,25). The minimum absolute atomic E-state index is 0.246. The van der Waals surface area contributed by atoms with Crippen molar-refractivity contribution < 1.29 is 17.3 Å². The van der Waals surface area contributed by atoms with Crippen LogP contribution in [0.4, 0.5) is 0 Å². The van der Waals surface area contributed by atoms with Crippen molar-refractivity contribution in [1.82, 2.24) is 5.32 Å². The average Bonchev–Trinajstić information content (AvgIpc) is 2.69. The molecule has 0 aromatic heterocycles. The molecule has 9 heteroatoms. The maximum atomic E-state index is 12.0. The van der Waals surface area contributed by atoms with Gasteiger partial charge < -0.3 is 4.74 Å². The van der Waals surface area contributed by atoms with Crippen molar-refractivity contribution in [3.63, 3.8) is 0 Å². The highest BCUT2D eigenvalue weighted by Crippen LogP contribution is 2.44. The molecule has 2 atom stereocenters. The van der Waals surface area contributed by atoms with Crippen molar-refractivity contribution in [3.05, 3.63) is 65.2 Å². The van der Waals surface area contributed by atoms with Crippen molar-refractivity contribution in [2.24, 2.45) is 4.99 Å². The molecule has 0 aliphatic carbocycles. The van der Waals surface area contributed by atoms with E-state index in [1.807, 2.05) is 12.3 Å². The summed E-state index contributed by atoms with van der Waals surface area (Å²) in [6, 6.07) is 15.0. The molecular formula is C21H20N4O4S. The van der Waals surface area contributed by atoms with Gasteiger partial charge in [-0.25, -0.2) is 0 Å². The number of nitrogens with zero attached hydrogens (tertiary/aromatic N) is 3. The first-order valence-electron chi connectivity index (χ1n) is 9.04. The molecule has 2 unspecified atom stereocenters. The monoisotopic (exact) mass is 424 g/mol. The van der Waals surface area contributed by atoms with Gasteiger partial charge in [0.1, 0.15) is 29.3 Å². The predicted molar refractivity (Wildman–Crippen MR) is 110 cm³/mol. The van der Waals surface area contributed by atoms with Crippen LogP contribution in [0.25, 0.3) is 0 Å². The van der Waals surface area contributed by atoms with E-state index in [0.717, 1.165) is 6.26 Å². The Bertz CT molecular complexity index is 1160. The number of hydrogen-bond donors (Lipinski definition) is 1. The van der Waals surface area contributed by atoms with Crippen molar-refractivity contribution in [2.45, 2.75) is 31.6 Å². The van der Waals surface area contributed by atoms with Crippen LogP contribution < -0.4 is 10.1 Å². The fourth-order valence-corrected chi connectivity index (χ4v) is 4.00. The van der Waals surface area contributed by atoms with Crippen LogP contribution in [0.1, 0.15) is 36.6 Å². The summed E-state index contributed by atoms with van der Waals surface area (Å²) in [5, 5.41) is 21.1. The normalized spacial score (nSPS) is 20.2. The van der Waals surface area contributed by atoms with Crippen LogP contribution >= 0.6 is 0 Å². The Morgan fingerprint density at radius 3 is 2.50 bits per heavy atom. The Morgan fingerprint density at radius 2 is 1.90 bits per heavy atom. The maximum Gasteiger partial charge on any atom is 0.264 e. The molecule has 2 aromatic carbocycles. The number of ether oxygens (including phenoxy) is 1. The second kappa shape index (κ2) is 8.15. The highest BCUT2D eigenvalue weighted by atomic mass is 32.2. The van der Waals surface area contributed by atoms with Crippen LogP contribution in [0.3, 0.4) is 0 Å². The van der Waals surface area contributed by atoms with Crippen LogP contribution in [0.2, 0.25) is 0 Å². The third-order valence-electron chi connectivity index (χ3n) is 4.57. The smallest absolute Gasteiger partial charge is 0.264 e. The molecule has 0 saturated carbocycles. The van der Waals surface area contributed by atoms with Gasteiger partial charge in [0.15, 0.2) is 6.19 Å². The van der Waals surface area contributed by atoms with E-state index in [9.17, 15) is 18.9 Å². The molecule has 0 saturated heterocycles. The van der Waals surface area contributed by atoms with Gasteiger partial charge in [-0.3, -0.25) is 14.5 Å². The minimum atomic E-state index is -3.86. The third-order valence-corrected chi connectivity index (χ3v) is 5.13. The average molecular weight is 424 g/mol. The van der Waals surface area contributed by atoms with Gasteiger partial charge in [-0.05, 0) is 32.0 Å². The molecule has 1 heterocycles. The summed E-state index contributed by atoms with van der Waals surface area (Å²) in [5.41, 5.74) is 0.437. The first-order valence-corrected chi connectivity index (χ1v) is 10.9. The number of aliphatic imine (C=N–C) groups is 1. The molecule has 1 aliphatic rings. The summed E-state index contributed by atoms with van der Waals surface area (Å²) >= 11 is 0. The van der Waals surface area contributed by atoms with Crippen molar-refractivity contribution in [1.29, 1.82) is 10.5 Å². The molecule has 1 N–H and O–H groups in total. The Balaban J connectivity index is 2.24. The number of benzene rings is 2. The van der Waals surface area contributed by atoms with E-state index < -0.39 is 27.9 Å². The van der Waals surface area contributed by atoms with E-state index in [-0.39, 0.29) is 5.84 Å². The lowest BCUT2D eigenvalue weighted by molar-refractivity contribution is -0.0386. The van der Waals surface area contributed by atoms with E-state index in [4.69, 9.17) is 8.92 Å². The fourth-order valence-electron chi connectivity index (χ4n) is 3.29. The summed E-state index contributed by atoms with van der Waals surface area (Å²) in [6.45, 7) is 3.40. The fraction of sp³-hybridized carbons (Fsp3) is 0.286. The van der Waals surface area contributed by atoms with Gasteiger partial charge in [0.25, 0.3) is 10.1 Å². The highest BCUT2D eigenvalue weighted by Gasteiger charge is 2.47. The second-order valence-corrected chi connectivity index (χ2v) is 8.92. The van der Waals surface area contributed by atoms with E-state index in [2.05, 4.69) is 16.4 Å². The number of nitrogens with one attached hydrogen (secondary N) is 1. The van der Waals surface area contributed by atoms with E-state index >= 15 is 0 Å². The summed E-state index contributed by atoms with van der Waals surface area (Å²) in [6.07, 6.45) is 1.78. The topological polar surface area (TPSA) is 125 Å². The van der Waals surface area contributed by atoms with E-state index in [0.29, 0.717) is 22.4 Å². The lowest BCUT2D eigenvalue weighted by Crippen LogP contribution is -2.51. The molecule has 0 bridgehead atoms. The van der Waals surface area contributed by atoms with Crippen molar-refractivity contribution in [3.8, 4) is 18.0 Å². The van der Waals surface area contributed by atoms with Crippen molar-refractivity contribution in [2.75, 3.05) is 6.26 Å². The zero-order valence-electron chi connectivity index (χ0n) is 16.7. The predicted octanol–water partition coefficient (Wildman–Crippen LogP) is 2.63. The highest BCUT2D eigenvalue weighted by molar-refractivity contribution is 7.86. The van der Waals surface area contributed by atoms with Gasteiger partial charge in [0, 0.05) is 11.1 Å². The maximum absolute atomic E-state index is 12.0. The van der Waals surface area contributed by atoms with Gasteiger partial charge in [-0.1, -0.05) is 30.3 Å². The van der Waals surface area contributed by atoms with Crippen molar-refractivity contribution >= 4 is 16.0 Å². The lowest BCUT2D eigenvalue weighted by Gasteiger charge is -2.42. The molecule has 0 spiro atoms. The Hall–Kier alpha value is -3.40. The second-order valence-electron chi connectivity index (χ2n) is 7.32. The Morgan fingerprint density at radius 1 is 1.20 bits per heavy atom. The van der Waals surface area contributed by atoms with Gasteiger partial charge in [0.05, 0.1) is 17.9 Å².